The molecule has 9 heteroatoms. The number of carbonyl (C=O) groups is 1. The van der Waals surface area contributed by atoms with Gasteiger partial charge in [-0.05, 0) is 34.1 Å². The number of hydrogen-bond acceptors (Lipinski definition) is 7. The largest absolute Gasteiger partial charge is 0.345 e. The Morgan fingerprint density at radius 3 is 1.35 bits per heavy atom. The van der Waals surface area contributed by atoms with Crippen molar-refractivity contribution in [2.45, 2.75) is 53.4 Å². The first kappa shape index (κ1) is 23.0. The van der Waals surface area contributed by atoms with Crippen LogP contribution in [-0.2, 0) is 32.0 Å². The molecule has 0 saturated heterocycles. The lowest BCUT2D eigenvalue weighted by molar-refractivity contribution is -0.114. The molecule has 0 aromatic carbocycles. The molecule has 0 aliphatic carbocycles. The molecule has 138 valence electrons. The summed E-state index contributed by atoms with van der Waals surface area (Å²) in [4.78, 5) is 11.3. The minimum Gasteiger partial charge on any atom is -0.308 e. The summed E-state index contributed by atoms with van der Waals surface area (Å²) in [5.41, 5.74) is -0.877. The standard InChI is InChI=1S/C14H30O7P2/c1-7-18-22(16,19-8-2)13(11-14(5,6)12-15)23(17,20-9-3)21-10-4/h12-13H,7-11H2,1-6H3. The van der Waals surface area contributed by atoms with E-state index in [9.17, 15) is 13.9 Å². The van der Waals surface area contributed by atoms with Crippen molar-refractivity contribution < 1.29 is 32.0 Å². The zero-order valence-electron chi connectivity index (χ0n) is 14.9. The fraction of sp³-hybridized carbons (Fsp3) is 0.929. The molecular formula is C14H30O7P2. The van der Waals surface area contributed by atoms with Crippen LogP contribution in [0.2, 0.25) is 0 Å². The van der Waals surface area contributed by atoms with E-state index in [1.165, 1.54) is 0 Å². The lowest BCUT2D eigenvalue weighted by atomic mass is 9.92. The monoisotopic (exact) mass is 372 g/mol. The molecule has 0 aromatic heterocycles. The van der Waals surface area contributed by atoms with Crippen molar-refractivity contribution in [3.8, 4) is 0 Å². The summed E-state index contributed by atoms with van der Waals surface area (Å²) in [5.74, 6) is 0. The summed E-state index contributed by atoms with van der Waals surface area (Å²) in [5, 5.41) is -1.16. The van der Waals surface area contributed by atoms with Crippen LogP contribution in [0.15, 0.2) is 0 Å². The van der Waals surface area contributed by atoms with Crippen LogP contribution in [0.5, 0.6) is 0 Å². The Kier molecular flexibility index (Phi) is 10.1. The van der Waals surface area contributed by atoms with Gasteiger partial charge in [0.25, 0.3) is 0 Å². The average Bonchev–Trinajstić information content (AvgIpc) is 2.46. The van der Waals surface area contributed by atoms with E-state index in [0.29, 0.717) is 0 Å². The van der Waals surface area contributed by atoms with E-state index in [0.717, 1.165) is 6.29 Å². The van der Waals surface area contributed by atoms with Crippen LogP contribution in [0, 0.1) is 5.41 Å². The maximum Gasteiger partial charge on any atom is 0.345 e. The first-order chi connectivity index (χ1) is 10.6. The Balaban J connectivity index is 5.99. The molecule has 0 bridgehead atoms. The molecule has 0 rings (SSSR count). The maximum absolute atomic E-state index is 13.2. The van der Waals surface area contributed by atoms with Gasteiger partial charge in [0.1, 0.15) is 6.29 Å². The van der Waals surface area contributed by atoms with Gasteiger partial charge in [0, 0.05) is 5.41 Å². The van der Waals surface area contributed by atoms with Gasteiger partial charge >= 0.3 is 15.2 Å². The Hall–Kier alpha value is -0.0300. The van der Waals surface area contributed by atoms with Gasteiger partial charge in [-0.1, -0.05) is 13.8 Å². The molecule has 23 heavy (non-hydrogen) atoms. The van der Waals surface area contributed by atoms with Crippen LogP contribution in [0.1, 0.15) is 48.0 Å². The molecule has 0 amide bonds. The Labute approximate surface area is 139 Å². The quantitative estimate of drug-likeness (QED) is 0.348. The van der Waals surface area contributed by atoms with Gasteiger partial charge in [0.15, 0.2) is 5.40 Å². The van der Waals surface area contributed by atoms with E-state index in [2.05, 4.69) is 0 Å². The third kappa shape index (κ3) is 6.77. The van der Waals surface area contributed by atoms with E-state index in [1.807, 2.05) is 0 Å². The normalized spacial score (nSPS) is 13.5. The van der Waals surface area contributed by atoms with Gasteiger partial charge in [0.2, 0.25) is 0 Å². The van der Waals surface area contributed by atoms with E-state index < -0.39 is 26.0 Å². The molecule has 0 heterocycles. The minimum absolute atomic E-state index is 0.00502. The van der Waals surface area contributed by atoms with Crippen molar-refractivity contribution in [2.75, 3.05) is 26.4 Å². The molecule has 0 atom stereocenters. The molecule has 0 aromatic rings. The third-order valence-electron chi connectivity index (χ3n) is 2.99. The molecule has 0 fully saturated rings. The smallest absolute Gasteiger partial charge is 0.308 e. The first-order valence-corrected chi connectivity index (χ1v) is 11.1. The summed E-state index contributed by atoms with van der Waals surface area (Å²) in [6.07, 6.45) is 0.732. The summed E-state index contributed by atoms with van der Waals surface area (Å²) in [6, 6.07) is 0. The second-order valence-electron chi connectivity index (χ2n) is 5.54. The molecule has 0 radical (unpaired) electrons. The molecule has 7 nitrogen and oxygen atoms in total. The van der Waals surface area contributed by atoms with Crippen molar-refractivity contribution in [2.24, 2.45) is 5.41 Å². The summed E-state index contributed by atoms with van der Waals surface area (Å²) >= 11 is 0. The van der Waals surface area contributed by atoms with Gasteiger partial charge in [0.05, 0.1) is 26.4 Å². The van der Waals surface area contributed by atoms with E-state index >= 15 is 0 Å². The highest BCUT2D eigenvalue weighted by atomic mass is 31.2. The first-order valence-electron chi connectivity index (χ1n) is 7.88. The van der Waals surface area contributed by atoms with Crippen LogP contribution >= 0.6 is 15.2 Å². The average molecular weight is 372 g/mol. The molecule has 0 aliphatic rings. The Morgan fingerprint density at radius 2 is 1.13 bits per heavy atom. The highest BCUT2D eigenvalue weighted by molar-refractivity contribution is 7.72. The Morgan fingerprint density at radius 1 is 0.826 bits per heavy atom. The lowest BCUT2D eigenvalue weighted by Gasteiger charge is -2.34. The summed E-state index contributed by atoms with van der Waals surface area (Å²) < 4.78 is 47.8. The third-order valence-corrected chi connectivity index (χ3v) is 8.99. The zero-order valence-corrected chi connectivity index (χ0v) is 16.7. The van der Waals surface area contributed by atoms with E-state index in [-0.39, 0.29) is 32.8 Å². The second-order valence-corrected chi connectivity index (χ2v) is 10.4. The van der Waals surface area contributed by atoms with Crippen LogP contribution in [-0.4, -0.2) is 38.1 Å². The van der Waals surface area contributed by atoms with Crippen molar-refractivity contribution in [3.05, 3.63) is 0 Å². The fourth-order valence-corrected chi connectivity index (χ4v) is 7.90. The van der Waals surface area contributed by atoms with E-state index in [1.54, 1.807) is 41.5 Å². The SMILES string of the molecule is CCOP(=O)(OCC)C(CC(C)(C)C=O)P(=O)(OCC)OCC. The fourth-order valence-electron chi connectivity index (χ4n) is 2.05. The van der Waals surface area contributed by atoms with Gasteiger partial charge in [-0.2, -0.15) is 0 Å². The number of rotatable bonds is 13. The van der Waals surface area contributed by atoms with Crippen LogP contribution in [0.4, 0.5) is 0 Å². The summed E-state index contributed by atoms with van der Waals surface area (Å²) in [6.45, 7) is 10.5. The minimum atomic E-state index is -3.79. The van der Waals surface area contributed by atoms with Gasteiger partial charge in [-0.3, -0.25) is 9.13 Å². The summed E-state index contributed by atoms with van der Waals surface area (Å²) in [7, 11) is -7.58. The molecule has 0 spiro atoms. The number of carbonyl (C=O) groups excluding carboxylic acids is 1. The van der Waals surface area contributed by atoms with Crippen LogP contribution in [0.3, 0.4) is 0 Å². The van der Waals surface area contributed by atoms with Gasteiger partial charge < -0.3 is 22.9 Å². The van der Waals surface area contributed by atoms with Crippen molar-refractivity contribution in [1.29, 1.82) is 0 Å². The van der Waals surface area contributed by atoms with Gasteiger partial charge in [-0.15, -0.1) is 0 Å². The zero-order chi connectivity index (χ0) is 18.1. The molecule has 0 N–H and O–H groups in total. The van der Waals surface area contributed by atoms with Crippen LogP contribution < -0.4 is 0 Å². The topological polar surface area (TPSA) is 88.1 Å². The van der Waals surface area contributed by atoms with Gasteiger partial charge in [-0.25, -0.2) is 0 Å². The Bertz CT molecular complexity index is 400. The predicted molar refractivity (Wildman–Crippen MR) is 90.0 cm³/mol. The highest BCUT2D eigenvalue weighted by Gasteiger charge is 2.52. The maximum atomic E-state index is 13.2. The number of hydrogen-bond donors (Lipinski definition) is 0. The highest BCUT2D eigenvalue weighted by Crippen LogP contribution is 2.72. The molecular weight excluding hydrogens is 342 g/mol. The number of aldehydes is 1. The molecule has 0 aliphatic heterocycles. The molecule has 0 saturated carbocycles. The van der Waals surface area contributed by atoms with Crippen LogP contribution in [0.25, 0.3) is 0 Å². The predicted octanol–water partition coefficient (Wildman–Crippen LogP) is 4.46. The van der Waals surface area contributed by atoms with Crippen molar-refractivity contribution in [1.82, 2.24) is 0 Å². The molecule has 0 unspecified atom stereocenters. The second kappa shape index (κ2) is 10.1. The van der Waals surface area contributed by atoms with E-state index in [4.69, 9.17) is 18.1 Å². The van der Waals surface area contributed by atoms with Crippen molar-refractivity contribution in [3.63, 3.8) is 0 Å². The lowest BCUT2D eigenvalue weighted by Crippen LogP contribution is -2.26. The van der Waals surface area contributed by atoms with Crippen molar-refractivity contribution >= 4 is 21.5 Å².